The zero-order valence-corrected chi connectivity index (χ0v) is 13.1. The van der Waals surface area contributed by atoms with Crippen molar-refractivity contribution in [2.45, 2.75) is 34.1 Å². The maximum atomic E-state index is 12.1. The number of carbonyl (C=O) groups is 1. The van der Waals surface area contributed by atoms with Crippen LogP contribution < -0.4 is 0 Å². The van der Waals surface area contributed by atoms with Gasteiger partial charge in [0, 0.05) is 37.0 Å². The van der Waals surface area contributed by atoms with E-state index in [2.05, 4.69) is 0 Å². The lowest BCUT2D eigenvalue weighted by Gasteiger charge is -2.49. The highest BCUT2D eigenvalue weighted by Gasteiger charge is 2.52. The largest absolute Gasteiger partial charge is 0.341 e. The van der Waals surface area contributed by atoms with Crippen molar-refractivity contribution < 1.29 is 13.2 Å². The molecule has 110 valence electrons. The minimum Gasteiger partial charge on any atom is -0.341 e. The van der Waals surface area contributed by atoms with Gasteiger partial charge in [-0.15, -0.1) is 0 Å². The highest BCUT2D eigenvalue weighted by molar-refractivity contribution is 7.89. The van der Waals surface area contributed by atoms with Crippen LogP contribution in [0.1, 0.15) is 34.1 Å². The molecule has 19 heavy (non-hydrogen) atoms. The average Bonchev–Trinajstić information content (AvgIpc) is 2.70. The molecule has 6 heteroatoms. The standard InChI is InChI=1S/C13H24N2O3S/c1-5-19(17,18)15-7-6-13(10-15)8-14(9-13)11(16)12(2,3)4/h5-10H2,1-4H3. The van der Waals surface area contributed by atoms with Crippen molar-refractivity contribution in [1.29, 1.82) is 0 Å². The van der Waals surface area contributed by atoms with Gasteiger partial charge in [0.15, 0.2) is 0 Å². The Kier molecular flexibility index (Phi) is 3.46. The van der Waals surface area contributed by atoms with Gasteiger partial charge in [0.25, 0.3) is 0 Å². The minimum atomic E-state index is -3.08. The fourth-order valence-electron chi connectivity index (χ4n) is 2.95. The second-order valence-corrected chi connectivity index (χ2v) is 9.15. The molecule has 2 fully saturated rings. The number of rotatable bonds is 2. The molecule has 0 aromatic rings. The Morgan fingerprint density at radius 3 is 2.26 bits per heavy atom. The Balaban J connectivity index is 1.96. The predicted octanol–water partition coefficient (Wildman–Crippen LogP) is 0.916. The lowest BCUT2D eigenvalue weighted by atomic mass is 9.77. The topological polar surface area (TPSA) is 57.7 Å². The fourth-order valence-corrected chi connectivity index (χ4v) is 4.16. The summed E-state index contributed by atoms with van der Waals surface area (Å²) in [5, 5.41) is 0. The van der Waals surface area contributed by atoms with Crippen molar-refractivity contribution in [2.24, 2.45) is 10.8 Å². The monoisotopic (exact) mass is 288 g/mol. The van der Waals surface area contributed by atoms with Gasteiger partial charge < -0.3 is 4.90 Å². The molecule has 2 heterocycles. The van der Waals surface area contributed by atoms with Gasteiger partial charge in [0.2, 0.25) is 15.9 Å². The molecule has 0 atom stereocenters. The quantitative estimate of drug-likeness (QED) is 0.759. The third-order valence-electron chi connectivity index (χ3n) is 4.14. The van der Waals surface area contributed by atoms with Gasteiger partial charge in [-0.05, 0) is 13.3 Å². The van der Waals surface area contributed by atoms with E-state index in [-0.39, 0.29) is 22.5 Å². The van der Waals surface area contributed by atoms with Crippen LogP contribution in [0.25, 0.3) is 0 Å². The Morgan fingerprint density at radius 1 is 1.21 bits per heavy atom. The first-order chi connectivity index (χ1) is 8.60. The van der Waals surface area contributed by atoms with Crippen LogP contribution in [0.3, 0.4) is 0 Å². The van der Waals surface area contributed by atoms with E-state index < -0.39 is 10.0 Å². The Bertz CT molecular complexity index is 473. The molecular formula is C13H24N2O3S. The number of hydrogen-bond acceptors (Lipinski definition) is 3. The highest BCUT2D eigenvalue weighted by Crippen LogP contribution is 2.41. The summed E-state index contributed by atoms with van der Waals surface area (Å²) >= 11 is 0. The van der Waals surface area contributed by atoms with Crippen LogP contribution in [0, 0.1) is 10.8 Å². The summed E-state index contributed by atoms with van der Waals surface area (Å²) < 4.78 is 25.3. The molecule has 0 bridgehead atoms. The van der Waals surface area contributed by atoms with Gasteiger partial charge in [0.05, 0.1) is 5.75 Å². The number of carbonyl (C=O) groups excluding carboxylic acids is 1. The zero-order chi connectivity index (χ0) is 14.5. The van der Waals surface area contributed by atoms with E-state index in [9.17, 15) is 13.2 Å². The van der Waals surface area contributed by atoms with E-state index in [1.54, 1.807) is 11.2 Å². The second-order valence-electron chi connectivity index (χ2n) is 6.90. The summed E-state index contributed by atoms with van der Waals surface area (Å²) in [6.07, 6.45) is 0.875. The number of likely N-dealkylation sites (tertiary alicyclic amines) is 1. The molecule has 1 amide bonds. The van der Waals surface area contributed by atoms with Gasteiger partial charge in [-0.2, -0.15) is 0 Å². The van der Waals surface area contributed by atoms with Crippen molar-refractivity contribution in [3.63, 3.8) is 0 Å². The molecule has 1 spiro atoms. The number of sulfonamides is 1. The SMILES string of the molecule is CCS(=O)(=O)N1CCC2(CN(C(=O)C(C)(C)C)C2)C1. The van der Waals surface area contributed by atoms with Gasteiger partial charge in [-0.1, -0.05) is 20.8 Å². The zero-order valence-electron chi connectivity index (χ0n) is 12.3. The van der Waals surface area contributed by atoms with Crippen molar-refractivity contribution in [3.8, 4) is 0 Å². The number of hydrogen-bond donors (Lipinski definition) is 0. The molecule has 0 unspecified atom stereocenters. The van der Waals surface area contributed by atoms with Crippen molar-refractivity contribution in [3.05, 3.63) is 0 Å². The maximum Gasteiger partial charge on any atom is 0.227 e. The van der Waals surface area contributed by atoms with Crippen LogP contribution in [-0.4, -0.2) is 55.5 Å². The molecule has 2 aliphatic heterocycles. The van der Waals surface area contributed by atoms with E-state index in [1.165, 1.54) is 0 Å². The van der Waals surface area contributed by atoms with E-state index >= 15 is 0 Å². The van der Waals surface area contributed by atoms with E-state index in [4.69, 9.17) is 0 Å². The predicted molar refractivity (Wildman–Crippen MR) is 74.1 cm³/mol. The summed E-state index contributed by atoms with van der Waals surface area (Å²) in [7, 11) is -3.08. The highest BCUT2D eigenvalue weighted by atomic mass is 32.2. The second kappa shape index (κ2) is 4.45. The molecule has 2 aliphatic rings. The number of amides is 1. The molecule has 0 aromatic carbocycles. The lowest BCUT2D eigenvalue weighted by Crippen LogP contribution is -2.61. The van der Waals surface area contributed by atoms with Crippen LogP contribution in [0.5, 0.6) is 0 Å². The molecule has 5 nitrogen and oxygen atoms in total. The summed E-state index contributed by atoms with van der Waals surface area (Å²) in [6.45, 7) is 10.0. The molecule has 2 rings (SSSR count). The van der Waals surface area contributed by atoms with Crippen LogP contribution in [0.15, 0.2) is 0 Å². The van der Waals surface area contributed by atoms with Crippen molar-refractivity contribution in [1.82, 2.24) is 9.21 Å². The summed E-state index contributed by atoms with van der Waals surface area (Å²) in [6, 6.07) is 0. The molecule has 2 saturated heterocycles. The number of nitrogens with zero attached hydrogens (tertiary/aromatic N) is 2. The van der Waals surface area contributed by atoms with Crippen LogP contribution in [0.4, 0.5) is 0 Å². The van der Waals surface area contributed by atoms with Crippen LogP contribution in [-0.2, 0) is 14.8 Å². The van der Waals surface area contributed by atoms with Gasteiger partial charge in [-0.3, -0.25) is 4.79 Å². The first kappa shape index (κ1) is 14.8. The maximum absolute atomic E-state index is 12.1. The molecular weight excluding hydrogens is 264 g/mol. The van der Waals surface area contributed by atoms with Gasteiger partial charge in [-0.25, -0.2) is 12.7 Å². The average molecular weight is 288 g/mol. The van der Waals surface area contributed by atoms with E-state index in [0.29, 0.717) is 26.2 Å². The normalized spacial score (nSPS) is 23.7. The molecule has 0 saturated carbocycles. The van der Waals surface area contributed by atoms with Crippen LogP contribution >= 0.6 is 0 Å². The third-order valence-corrected chi connectivity index (χ3v) is 5.97. The molecule has 0 N–H and O–H groups in total. The fraction of sp³-hybridized carbons (Fsp3) is 0.923. The van der Waals surface area contributed by atoms with Gasteiger partial charge in [0.1, 0.15) is 0 Å². The first-order valence-electron chi connectivity index (χ1n) is 6.87. The summed E-state index contributed by atoms with van der Waals surface area (Å²) in [5.74, 6) is 0.322. The first-order valence-corrected chi connectivity index (χ1v) is 8.48. The van der Waals surface area contributed by atoms with Gasteiger partial charge >= 0.3 is 0 Å². The smallest absolute Gasteiger partial charge is 0.227 e. The van der Waals surface area contributed by atoms with E-state index in [1.807, 2.05) is 25.7 Å². The van der Waals surface area contributed by atoms with Crippen LogP contribution in [0.2, 0.25) is 0 Å². The Labute approximate surface area is 116 Å². The summed E-state index contributed by atoms with van der Waals surface area (Å²) in [5.41, 5.74) is -0.335. The summed E-state index contributed by atoms with van der Waals surface area (Å²) in [4.78, 5) is 14.0. The Morgan fingerprint density at radius 2 is 1.79 bits per heavy atom. The Hall–Kier alpha value is -0.620. The van der Waals surface area contributed by atoms with E-state index in [0.717, 1.165) is 6.42 Å². The molecule has 0 aromatic heterocycles. The van der Waals surface area contributed by atoms with Crippen molar-refractivity contribution >= 4 is 15.9 Å². The molecule has 0 aliphatic carbocycles. The van der Waals surface area contributed by atoms with Crippen molar-refractivity contribution in [2.75, 3.05) is 31.9 Å². The third kappa shape index (κ3) is 2.65. The minimum absolute atomic E-state index is 0.0170. The lowest BCUT2D eigenvalue weighted by molar-refractivity contribution is -0.151. The molecule has 0 radical (unpaired) electrons.